The van der Waals surface area contributed by atoms with Crippen LogP contribution in [0.3, 0.4) is 0 Å². The molecule has 0 radical (unpaired) electrons. The van der Waals surface area contributed by atoms with E-state index in [1.54, 1.807) is 0 Å². The summed E-state index contributed by atoms with van der Waals surface area (Å²) in [5, 5.41) is 21.9. The van der Waals surface area contributed by atoms with Gasteiger partial charge in [0.1, 0.15) is 5.75 Å². The lowest BCUT2D eigenvalue weighted by molar-refractivity contribution is -0.274. The summed E-state index contributed by atoms with van der Waals surface area (Å²) in [6.07, 6.45) is -8.25. The van der Waals surface area contributed by atoms with E-state index < -0.39 is 36.1 Å². The number of morpholine rings is 1. The van der Waals surface area contributed by atoms with Crippen molar-refractivity contribution in [1.82, 2.24) is 0 Å². The molecule has 33 heavy (non-hydrogen) atoms. The molecule has 1 aliphatic rings. The Balaban J connectivity index is 1.70. The van der Waals surface area contributed by atoms with Crippen LogP contribution < -0.4 is 20.7 Å². The first-order valence-corrected chi connectivity index (χ1v) is 9.63. The van der Waals surface area contributed by atoms with E-state index in [1.165, 1.54) is 35.2 Å². The van der Waals surface area contributed by atoms with E-state index >= 15 is 0 Å². The zero-order valence-corrected chi connectivity index (χ0v) is 17.0. The third kappa shape index (κ3) is 5.78. The number of ether oxygens (including phenoxy) is 2. The Bertz CT molecular complexity index is 1070. The summed E-state index contributed by atoms with van der Waals surface area (Å²) in [5.74, 6) is -2.12. The highest BCUT2D eigenvalue weighted by atomic mass is 19.4. The number of nitrogens with one attached hydrogen (secondary N) is 1. The number of amides is 2. The molecule has 0 unspecified atom stereocenters. The molecular weight excluding hydrogens is 445 g/mol. The lowest BCUT2D eigenvalue weighted by Gasteiger charge is -2.34. The molecule has 3 rings (SSSR count). The quantitative estimate of drug-likeness (QED) is 0.591. The molecule has 2 atom stereocenters. The van der Waals surface area contributed by atoms with Gasteiger partial charge < -0.3 is 30.5 Å². The molecule has 0 bridgehead atoms. The van der Waals surface area contributed by atoms with Crippen LogP contribution in [0.1, 0.15) is 11.1 Å². The van der Waals surface area contributed by atoms with Crippen LogP contribution in [0.4, 0.5) is 24.5 Å². The molecule has 0 saturated carbocycles. The van der Waals surface area contributed by atoms with Gasteiger partial charge in [-0.3, -0.25) is 9.59 Å². The number of anilines is 2. The number of benzene rings is 2. The summed E-state index contributed by atoms with van der Waals surface area (Å²) in [6, 6.07) is 10.9. The predicted octanol–water partition coefficient (Wildman–Crippen LogP) is 1.65. The van der Waals surface area contributed by atoms with Gasteiger partial charge in [-0.2, -0.15) is 5.26 Å². The number of carbonyl (C=O) groups is 2. The molecule has 4 N–H and O–H groups in total. The van der Waals surface area contributed by atoms with E-state index in [4.69, 9.17) is 15.7 Å². The minimum absolute atomic E-state index is 0.0181. The summed E-state index contributed by atoms with van der Waals surface area (Å²) in [6.45, 7) is 0.107. The van der Waals surface area contributed by atoms with Gasteiger partial charge in [0.25, 0.3) is 11.8 Å². The fraction of sp³-hybridized carbons (Fsp3) is 0.286. The van der Waals surface area contributed by atoms with E-state index in [0.717, 1.165) is 12.1 Å². The number of hydrogen-bond acceptors (Lipinski definition) is 7. The van der Waals surface area contributed by atoms with Crippen LogP contribution in [0.25, 0.3) is 0 Å². The van der Waals surface area contributed by atoms with Gasteiger partial charge in [0.15, 0.2) is 12.2 Å². The zero-order valence-electron chi connectivity index (χ0n) is 17.0. The van der Waals surface area contributed by atoms with E-state index in [0.29, 0.717) is 11.1 Å². The van der Waals surface area contributed by atoms with Gasteiger partial charge in [-0.05, 0) is 48.0 Å². The van der Waals surface area contributed by atoms with Gasteiger partial charge in [-0.1, -0.05) is 0 Å². The molecule has 0 spiro atoms. The predicted molar refractivity (Wildman–Crippen MR) is 109 cm³/mol. The average Bonchev–Trinajstić information content (AvgIpc) is 2.78. The second-order valence-corrected chi connectivity index (χ2v) is 6.94. The van der Waals surface area contributed by atoms with Crippen molar-refractivity contribution in [2.45, 2.75) is 25.1 Å². The third-order valence-corrected chi connectivity index (χ3v) is 4.77. The summed E-state index contributed by atoms with van der Waals surface area (Å²) in [5.41, 5.74) is 6.91. The lowest BCUT2D eigenvalue weighted by atomic mass is 10.1. The number of rotatable bonds is 6. The summed E-state index contributed by atoms with van der Waals surface area (Å²) < 4.78 is 46.1. The van der Waals surface area contributed by atoms with Gasteiger partial charge in [-0.15, -0.1) is 13.2 Å². The molecule has 0 aliphatic carbocycles. The number of aliphatic hydroxyl groups excluding tert-OH is 1. The van der Waals surface area contributed by atoms with Crippen LogP contribution in [0.2, 0.25) is 0 Å². The van der Waals surface area contributed by atoms with Crippen molar-refractivity contribution in [2.24, 2.45) is 5.73 Å². The van der Waals surface area contributed by atoms with E-state index in [2.05, 4.69) is 10.1 Å². The number of halogens is 3. The molecule has 1 saturated heterocycles. The average molecular weight is 464 g/mol. The van der Waals surface area contributed by atoms with Crippen molar-refractivity contribution in [3.05, 3.63) is 53.6 Å². The Morgan fingerprint density at radius 3 is 2.64 bits per heavy atom. The summed E-state index contributed by atoms with van der Waals surface area (Å²) in [7, 11) is 0. The number of nitrogens with two attached hydrogens (primary N) is 1. The second-order valence-electron chi connectivity index (χ2n) is 6.94. The molecule has 2 aromatic carbocycles. The fourth-order valence-electron chi connectivity index (χ4n) is 3.22. The molecule has 1 fully saturated rings. The SMILES string of the molecule is N#Cc1ccc(NC(=O)[C@H](O)[C@H]2OCCN(c3ccc(OC(F)(F)F)cc3)C2=O)cc1CN. The monoisotopic (exact) mass is 464 g/mol. The van der Waals surface area contributed by atoms with Gasteiger partial charge in [0, 0.05) is 24.5 Å². The van der Waals surface area contributed by atoms with Gasteiger partial charge in [0.05, 0.1) is 18.2 Å². The number of nitriles is 1. The molecular formula is C21H19F3N4O5. The smallest absolute Gasteiger partial charge is 0.406 e. The standard InChI is InChI=1S/C21H19F3N4O5/c22-21(23,24)33-16-5-3-15(4-6-16)28-7-8-32-18(20(28)31)17(29)19(30)27-14-2-1-12(10-25)13(9-14)11-26/h1-6,9,17-18,29H,7-8,11,26H2,(H,27,30)/t17-,18-/m1/s1. The summed E-state index contributed by atoms with van der Waals surface area (Å²) in [4.78, 5) is 26.5. The first-order valence-electron chi connectivity index (χ1n) is 9.63. The molecule has 2 aromatic rings. The number of aliphatic hydroxyl groups is 1. The topological polar surface area (TPSA) is 138 Å². The second kappa shape index (κ2) is 9.86. The Morgan fingerprint density at radius 2 is 2.03 bits per heavy atom. The normalized spacial score (nSPS) is 17.3. The van der Waals surface area contributed by atoms with Crippen LogP contribution in [0, 0.1) is 11.3 Å². The van der Waals surface area contributed by atoms with Gasteiger partial charge >= 0.3 is 6.36 Å². The van der Waals surface area contributed by atoms with Gasteiger partial charge in [0.2, 0.25) is 0 Å². The van der Waals surface area contributed by atoms with Crippen molar-refractivity contribution >= 4 is 23.2 Å². The zero-order chi connectivity index (χ0) is 24.2. The molecule has 174 valence electrons. The first kappa shape index (κ1) is 24.0. The number of nitrogens with zero attached hydrogens (tertiary/aromatic N) is 2. The van der Waals surface area contributed by atoms with Gasteiger partial charge in [-0.25, -0.2) is 0 Å². The van der Waals surface area contributed by atoms with Crippen LogP contribution in [0.15, 0.2) is 42.5 Å². The highest BCUT2D eigenvalue weighted by molar-refractivity contribution is 6.03. The minimum atomic E-state index is -4.85. The Hall–Kier alpha value is -3.66. The van der Waals surface area contributed by atoms with E-state index in [-0.39, 0.29) is 31.1 Å². The first-order chi connectivity index (χ1) is 15.6. The number of carbonyl (C=O) groups excluding carboxylic acids is 2. The molecule has 2 amide bonds. The molecule has 0 aromatic heterocycles. The molecule has 9 nitrogen and oxygen atoms in total. The van der Waals surface area contributed by atoms with Crippen LogP contribution in [-0.4, -0.2) is 48.6 Å². The van der Waals surface area contributed by atoms with Crippen LogP contribution in [-0.2, 0) is 20.9 Å². The van der Waals surface area contributed by atoms with Crippen molar-refractivity contribution in [3.8, 4) is 11.8 Å². The maximum Gasteiger partial charge on any atom is 0.573 e. The highest BCUT2D eigenvalue weighted by Gasteiger charge is 2.39. The van der Waals surface area contributed by atoms with Crippen molar-refractivity contribution < 1.29 is 37.3 Å². The summed E-state index contributed by atoms with van der Waals surface area (Å²) >= 11 is 0. The van der Waals surface area contributed by atoms with Crippen LogP contribution in [0.5, 0.6) is 5.75 Å². The minimum Gasteiger partial charge on any atom is -0.406 e. The number of hydrogen-bond donors (Lipinski definition) is 3. The lowest BCUT2D eigenvalue weighted by Crippen LogP contribution is -2.55. The number of alkyl halides is 3. The van der Waals surface area contributed by atoms with Crippen molar-refractivity contribution in [3.63, 3.8) is 0 Å². The maximum absolute atomic E-state index is 12.8. The Kier molecular flexibility index (Phi) is 7.17. The molecule has 12 heteroatoms. The van der Waals surface area contributed by atoms with Crippen molar-refractivity contribution in [1.29, 1.82) is 5.26 Å². The van der Waals surface area contributed by atoms with Crippen molar-refractivity contribution in [2.75, 3.05) is 23.4 Å². The largest absolute Gasteiger partial charge is 0.573 e. The Morgan fingerprint density at radius 1 is 1.33 bits per heavy atom. The van der Waals surface area contributed by atoms with E-state index in [1.807, 2.05) is 6.07 Å². The molecule has 1 heterocycles. The third-order valence-electron chi connectivity index (χ3n) is 4.77. The fourth-order valence-corrected chi connectivity index (χ4v) is 3.22. The van der Waals surface area contributed by atoms with E-state index in [9.17, 15) is 27.9 Å². The highest BCUT2D eigenvalue weighted by Crippen LogP contribution is 2.27. The maximum atomic E-state index is 12.8. The van der Waals surface area contributed by atoms with Crippen LogP contribution >= 0.6 is 0 Å². The molecule has 1 aliphatic heterocycles. The Labute approximate surface area is 186 Å².